The van der Waals surface area contributed by atoms with Crippen molar-refractivity contribution in [1.82, 2.24) is 14.8 Å². The summed E-state index contributed by atoms with van der Waals surface area (Å²) in [5.74, 6) is 0.906. The highest BCUT2D eigenvalue weighted by Gasteiger charge is 2.23. The van der Waals surface area contributed by atoms with Crippen LogP contribution in [0.3, 0.4) is 0 Å². The quantitative estimate of drug-likeness (QED) is 0.455. The number of halogens is 2. The van der Waals surface area contributed by atoms with Crippen LogP contribution in [-0.4, -0.2) is 61.0 Å². The van der Waals surface area contributed by atoms with Gasteiger partial charge in [-0.1, -0.05) is 53.2 Å². The van der Waals surface area contributed by atoms with E-state index in [2.05, 4.69) is 15.1 Å². The Kier molecular flexibility index (Phi) is 7.08. The number of aromatic nitrogens is 3. The summed E-state index contributed by atoms with van der Waals surface area (Å²) in [6.07, 6.45) is 0. The van der Waals surface area contributed by atoms with Gasteiger partial charge in [-0.2, -0.15) is 0 Å². The molecule has 0 N–H and O–H groups in total. The van der Waals surface area contributed by atoms with E-state index in [1.807, 2.05) is 34.9 Å². The second kappa shape index (κ2) is 9.79. The van der Waals surface area contributed by atoms with Crippen LogP contribution in [0.1, 0.15) is 0 Å². The van der Waals surface area contributed by atoms with E-state index < -0.39 is 9.84 Å². The zero-order chi connectivity index (χ0) is 21.8. The summed E-state index contributed by atoms with van der Waals surface area (Å²) in [6.45, 7) is 2.69. The molecule has 0 amide bonds. The number of hydrogen-bond acceptors (Lipinski definition) is 7. The first-order valence-electron chi connectivity index (χ1n) is 9.60. The molecule has 1 aliphatic heterocycles. The third kappa shape index (κ3) is 5.18. The van der Waals surface area contributed by atoms with Crippen molar-refractivity contribution < 1.29 is 13.2 Å². The first-order chi connectivity index (χ1) is 15.0. The van der Waals surface area contributed by atoms with Gasteiger partial charge in [0.25, 0.3) is 0 Å². The van der Waals surface area contributed by atoms with Crippen LogP contribution in [0.15, 0.2) is 58.6 Å². The Balaban J connectivity index is 1.56. The van der Waals surface area contributed by atoms with E-state index >= 15 is 0 Å². The van der Waals surface area contributed by atoms with Crippen molar-refractivity contribution in [2.24, 2.45) is 0 Å². The van der Waals surface area contributed by atoms with E-state index in [1.165, 1.54) is 23.9 Å². The van der Waals surface area contributed by atoms with E-state index in [4.69, 9.17) is 27.9 Å². The Labute approximate surface area is 195 Å². The smallest absolute Gasteiger partial charge is 0.232 e. The summed E-state index contributed by atoms with van der Waals surface area (Å²) in [7, 11) is -3.60. The molecule has 1 aliphatic rings. The molecule has 2 heterocycles. The standard InChI is InChI=1S/C20H20Cl2N4O3S2/c21-15-6-7-17(22)18(14-15)31(27,28)13-12-30-20-24-23-19(25-8-10-29-11-9-25)26(20)16-4-2-1-3-5-16/h1-7,14H,8-13H2. The van der Waals surface area contributed by atoms with Crippen molar-refractivity contribution in [2.75, 3.05) is 42.7 Å². The summed E-state index contributed by atoms with van der Waals surface area (Å²) in [4.78, 5) is 2.16. The first-order valence-corrected chi connectivity index (χ1v) is 13.0. The maximum absolute atomic E-state index is 12.8. The van der Waals surface area contributed by atoms with Crippen molar-refractivity contribution in [3.63, 3.8) is 0 Å². The number of anilines is 1. The number of thioether (sulfide) groups is 1. The van der Waals surface area contributed by atoms with Crippen LogP contribution in [0, 0.1) is 0 Å². The van der Waals surface area contributed by atoms with E-state index in [-0.39, 0.29) is 15.7 Å². The van der Waals surface area contributed by atoms with E-state index in [1.54, 1.807) is 6.07 Å². The molecule has 0 spiro atoms. The van der Waals surface area contributed by atoms with Crippen LogP contribution in [0.2, 0.25) is 10.0 Å². The summed E-state index contributed by atoms with van der Waals surface area (Å²) < 4.78 is 33.0. The van der Waals surface area contributed by atoms with E-state index in [0.29, 0.717) is 29.1 Å². The summed E-state index contributed by atoms with van der Waals surface area (Å²) in [6, 6.07) is 14.2. The molecule has 1 fully saturated rings. The SMILES string of the molecule is O=S(=O)(CCSc1nnc(N2CCOCC2)n1-c1ccccc1)c1cc(Cl)ccc1Cl. The lowest BCUT2D eigenvalue weighted by Crippen LogP contribution is -2.37. The zero-order valence-electron chi connectivity index (χ0n) is 16.4. The number of rotatable bonds is 7. The number of sulfone groups is 1. The molecular weight excluding hydrogens is 479 g/mol. The van der Waals surface area contributed by atoms with E-state index in [0.717, 1.165) is 24.7 Å². The van der Waals surface area contributed by atoms with Gasteiger partial charge in [0.15, 0.2) is 15.0 Å². The Morgan fingerprint density at radius 1 is 1.03 bits per heavy atom. The fourth-order valence-corrected chi connectivity index (χ4v) is 6.60. The van der Waals surface area contributed by atoms with E-state index in [9.17, 15) is 8.42 Å². The van der Waals surface area contributed by atoms with Crippen LogP contribution in [-0.2, 0) is 14.6 Å². The number of hydrogen-bond donors (Lipinski definition) is 0. The predicted octanol–water partition coefficient (Wildman–Crippen LogP) is 3.98. The van der Waals surface area contributed by atoms with Gasteiger partial charge in [0.1, 0.15) is 0 Å². The van der Waals surface area contributed by atoms with Crippen molar-refractivity contribution in [3.8, 4) is 5.69 Å². The Bertz CT molecular complexity index is 1150. The van der Waals surface area contributed by atoms with Gasteiger partial charge in [0, 0.05) is 23.9 Å². The molecule has 11 heteroatoms. The molecule has 31 heavy (non-hydrogen) atoms. The summed E-state index contributed by atoms with van der Waals surface area (Å²) in [5, 5.41) is 9.85. The van der Waals surface area contributed by atoms with Gasteiger partial charge in [-0.25, -0.2) is 8.42 Å². The van der Waals surface area contributed by atoms with Crippen LogP contribution in [0.4, 0.5) is 5.95 Å². The Morgan fingerprint density at radius 3 is 2.52 bits per heavy atom. The molecule has 7 nitrogen and oxygen atoms in total. The molecule has 4 rings (SSSR count). The first kappa shape index (κ1) is 22.4. The highest BCUT2D eigenvalue weighted by atomic mass is 35.5. The fraction of sp³-hybridized carbons (Fsp3) is 0.300. The number of morpholine rings is 1. The highest BCUT2D eigenvalue weighted by Crippen LogP contribution is 2.29. The number of nitrogens with zero attached hydrogens (tertiary/aromatic N) is 4. The summed E-state index contributed by atoms with van der Waals surface area (Å²) >= 11 is 13.4. The maximum atomic E-state index is 12.8. The van der Waals surface area contributed by atoms with Crippen molar-refractivity contribution in [3.05, 3.63) is 58.6 Å². The Morgan fingerprint density at radius 2 is 1.77 bits per heavy atom. The number of ether oxygens (including phenoxy) is 1. The largest absolute Gasteiger partial charge is 0.378 e. The van der Waals surface area contributed by atoms with Crippen molar-refractivity contribution in [1.29, 1.82) is 0 Å². The average Bonchev–Trinajstić information content (AvgIpc) is 3.20. The number of benzene rings is 2. The monoisotopic (exact) mass is 498 g/mol. The highest BCUT2D eigenvalue weighted by molar-refractivity contribution is 8.00. The lowest BCUT2D eigenvalue weighted by molar-refractivity contribution is 0.122. The minimum absolute atomic E-state index is 0.0424. The van der Waals surface area contributed by atoms with Gasteiger partial charge in [-0.15, -0.1) is 10.2 Å². The molecule has 1 saturated heterocycles. The van der Waals surface area contributed by atoms with Gasteiger partial charge in [-0.05, 0) is 30.3 Å². The van der Waals surface area contributed by atoms with Crippen LogP contribution >= 0.6 is 35.0 Å². The average molecular weight is 499 g/mol. The van der Waals surface area contributed by atoms with Gasteiger partial charge < -0.3 is 9.64 Å². The molecule has 0 bridgehead atoms. The van der Waals surface area contributed by atoms with Crippen LogP contribution in [0.5, 0.6) is 0 Å². The minimum atomic E-state index is -3.60. The second-order valence-electron chi connectivity index (χ2n) is 6.80. The lowest BCUT2D eigenvalue weighted by Gasteiger charge is -2.27. The molecular formula is C20H20Cl2N4O3S2. The molecule has 0 saturated carbocycles. The van der Waals surface area contributed by atoms with Gasteiger partial charge in [0.2, 0.25) is 5.95 Å². The molecule has 1 aromatic heterocycles. The maximum Gasteiger partial charge on any atom is 0.232 e. The molecule has 0 aliphatic carbocycles. The topological polar surface area (TPSA) is 77.3 Å². The molecule has 0 radical (unpaired) electrons. The van der Waals surface area contributed by atoms with Crippen LogP contribution in [0.25, 0.3) is 5.69 Å². The van der Waals surface area contributed by atoms with Gasteiger partial charge in [0.05, 0.1) is 34.6 Å². The van der Waals surface area contributed by atoms with Crippen molar-refractivity contribution in [2.45, 2.75) is 10.1 Å². The molecule has 164 valence electrons. The molecule has 2 aromatic carbocycles. The van der Waals surface area contributed by atoms with Gasteiger partial charge in [-0.3, -0.25) is 4.57 Å². The zero-order valence-corrected chi connectivity index (χ0v) is 19.6. The second-order valence-corrected chi connectivity index (χ2v) is 10.8. The normalized spacial score (nSPS) is 14.7. The summed E-state index contributed by atoms with van der Waals surface area (Å²) in [5.41, 5.74) is 0.914. The predicted molar refractivity (Wildman–Crippen MR) is 124 cm³/mol. The fourth-order valence-electron chi connectivity index (χ4n) is 3.20. The molecule has 0 atom stereocenters. The van der Waals surface area contributed by atoms with Gasteiger partial charge >= 0.3 is 0 Å². The number of para-hydroxylation sites is 1. The lowest BCUT2D eigenvalue weighted by atomic mass is 10.3. The third-order valence-electron chi connectivity index (χ3n) is 4.74. The third-order valence-corrected chi connectivity index (χ3v) is 8.35. The van der Waals surface area contributed by atoms with Crippen LogP contribution < -0.4 is 4.90 Å². The van der Waals surface area contributed by atoms with Crippen molar-refractivity contribution >= 4 is 50.7 Å². The molecule has 3 aromatic rings. The Hall–Kier alpha value is -1.78. The molecule has 0 unspecified atom stereocenters. The minimum Gasteiger partial charge on any atom is -0.378 e.